The van der Waals surface area contributed by atoms with Gasteiger partial charge in [-0.3, -0.25) is 0 Å². The van der Waals surface area contributed by atoms with E-state index in [2.05, 4.69) is 31.1 Å². The molecule has 2 unspecified atom stereocenters. The topological polar surface area (TPSA) is 15.3 Å². The van der Waals surface area contributed by atoms with Crippen molar-refractivity contribution in [2.45, 2.75) is 77.3 Å². The smallest absolute Gasteiger partial charge is 0.0118 e. The Balaban J connectivity index is 1.71. The highest BCUT2D eigenvalue weighted by atomic mass is 15.1. The van der Waals surface area contributed by atoms with Gasteiger partial charge in [0.15, 0.2) is 0 Å². The van der Waals surface area contributed by atoms with E-state index in [-0.39, 0.29) is 0 Å². The molecule has 2 heteroatoms. The van der Waals surface area contributed by atoms with Crippen LogP contribution < -0.4 is 5.32 Å². The maximum atomic E-state index is 3.85. The van der Waals surface area contributed by atoms with Crippen LogP contribution in [0.4, 0.5) is 0 Å². The summed E-state index contributed by atoms with van der Waals surface area (Å²) in [6.45, 7) is 7.40. The minimum atomic E-state index is 0.511. The molecule has 0 aromatic rings. The van der Waals surface area contributed by atoms with E-state index in [4.69, 9.17) is 0 Å². The summed E-state index contributed by atoms with van der Waals surface area (Å²) >= 11 is 0. The van der Waals surface area contributed by atoms with Gasteiger partial charge in [-0.2, -0.15) is 0 Å². The van der Waals surface area contributed by atoms with Gasteiger partial charge in [0.1, 0.15) is 0 Å². The molecule has 106 valence electrons. The van der Waals surface area contributed by atoms with E-state index in [0.717, 1.165) is 12.1 Å². The lowest BCUT2D eigenvalue weighted by Gasteiger charge is -2.40. The minimum Gasteiger partial charge on any atom is -0.313 e. The molecule has 2 atom stereocenters. The number of rotatable bonds is 4. The Morgan fingerprint density at radius 2 is 1.89 bits per heavy atom. The van der Waals surface area contributed by atoms with Crippen molar-refractivity contribution in [3.63, 3.8) is 0 Å². The number of nitrogens with one attached hydrogen (secondary N) is 1. The van der Waals surface area contributed by atoms with Crippen LogP contribution in [0.3, 0.4) is 0 Å². The summed E-state index contributed by atoms with van der Waals surface area (Å²) in [6, 6.07) is 1.58. The standard InChI is InChI=1S/C16H32N2/c1-16(2)11-6-4-9-15(16)17-12-10-14-8-5-7-13-18(14)3/h14-15,17H,4-13H2,1-3H3. The fraction of sp³-hybridized carbons (Fsp3) is 1.00. The van der Waals surface area contributed by atoms with Gasteiger partial charge in [0.25, 0.3) is 0 Å². The zero-order valence-corrected chi connectivity index (χ0v) is 12.7. The maximum Gasteiger partial charge on any atom is 0.0118 e. The van der Waals surface area contributed by atoms with Crippen LogP contribution in [-0.2, 0) is 0 Å². The van der Waals surface area contributed by atoms with Gasteiger partial charge in [-0.1, -0.05) is 33.1 Å². The molecule has 1 saturated heterocycles. The Labute approximate surface area is 114 Å². The number of nitrogens with zero attached hydrogens (tertiary/aromatic N) is 1. The Morgan fingerprint density at radius 3 is 2.61 bits per heavy atom. The molecule has 1 aliphatic carbocycles. The summed E-state index contributed by atoms with van der Waals surface area (Å²) < 4.78 is 0. The Kier molecular flexibility index (Phi) is 5.08. The quantitative estimate of drug-likeness (QED) is 0.825. The first-order valence-electron chi connectivity index (χ1n) is 8.03. The highest BCUT2D eigenvalue weighted by Crippen LogP contribution is 2.35. The molecule has 2 aliphatic rings. The predicted molar refractivity (Wildman–Crippen MR) is 78.9 cm³/mol. The molecule has 18 heavy (non-hydrogen) atoms. The highest BCUT2D eigenvalue weighted by molar-refractivity contribution is 4.88. The molecule has 1 N–H and O–H groups in total. The van der Waals surface area contributed by atoms with Crippen LogP contribution in [0.5, 0.6) is 0 Å². The van der Waals surface area contributed by atoms with E-state index >= 15 is 0 Å². The molecular formula is C16H32N2. The van der Waals surface area contributed by atoms with Gasteiger partial charge in [0.05, 0.1) is 0 Å². The lowest BCUT2D eigenvalue weighted by atomic mass is 9.73. The summed E-state index contributed by atoms with van der Waals surface area (Å²) in [6.07, 6.45) is 11.2. The second-order valence-corrected chi connectivity index (χ2v) is 7.16. The molecular weight excluding hydrogens is 220 g/mol. The van der Waals surface area contributed by atoms with E-state index in [0.29, 0.717) is 5.41 Å². The summed E-state index contributed by atoms with van der Waals surface area (Å²) in [4.78, 5) is 2.57. The normalized spacial score (nSPS) is 33.5. The average Bonchev–Trinajstić information content (AvgIpc) is 2.33. The van der Waals surface area contributed by atoms with Crippen molar-refractivity contribution in [3.8, 4) is 0 Å². The van der Waals surface area contributed by atoms with Crippen LogP contribution in [0.15, 0.2) is 0 Å². The number of piperidine rings is 1. The number of hydrogen-bond donors (Lipinski definition) is 1. The fourth-order valence-corrected chi connectivity index (χ4v) is 3.81. The fourth-order valence-electron chi connectivity index (χ4n) is 3.81. The van der Waals surface area contributed by atoms with Crippen LogP contribution in [0.1, 0.15) is 65.2 Å². The summed E-state index contributed by atoms with van der Waals surface area (Å²) in [5, 5.41) is 3.85. The van der Waals surface area contributed by atoms with Crippen molar-refractivity contribution in [3.05, 3.63) is 0 Å². The zero-order chi connectivity index (χ0) is 13.0. The van der Waals surface area contributed by atoms with Crippen molar-refractivity contribution in [2.24, 2.45) is 5.41 Å². The predicted octanol–water partition coefficient (Wildman–Crippen LogP) is 3.42. The second-order valence-electron chi connectivity index (χ2n) is 7.16. The lowest BCUT2D eigenvalue weighted by Crippen LogP contribution is -2.46. The SMILES string of the molecule is CN1CCCCC1CCNC1CCCCC1(C)C. The van der Waals surface area contributed by atoms with Crippen molar-refractivity contribution < 1.29 is 0 Å². The maximum absolute atomic E-state index is 3.85. The van der Waals surface area contributed by atoms with Gasteiger partial charge >= 0.3 is 0 Å². The van der Waals surface area contributed by atoms with Crippen molar-refractivity contribution in [1.29, 1.82) is 0 Å². The van der Waals surface area contributed by atoms with Gasteiger partial charge in [0, 0.05) is 12.1 Å². The Hall–Kier alpha value is -0.0800. The third-order valence-corrected chi connectivity index (χ3v) is 5.30. The molecule has 0 spiro atoms. The van der Waals surface area contributed by atoms with Crippen LogP contribution in [0.2, 0.25) is 0 Å². The monoisotopic (exact) mass is 252 g/mol. The first kappa shape index (κ1) is 14.3. The molecule has 0 aromatic carbocycles. The molecule has 1 saturated carbocycles. The Bertz CT molecular complexity index is 249. The van der Waals surface area contributed by atoms with Gasteiger partial charge < -0.3 is 10.2 Å². The Morgan fingerprint density at radius 1 is 1.11 bits per heavy atom. The molecule has 2 nitrogen and oxygen atoms in total. The van der Waals surface area contributed by atoms with Crippen LogP contribution >= 0.6 is 0 Å². The molecule has 0 aromatic heterocycles. The van der Waals surface area contributed by atoms with Crippen LogP contribution in [0.25, 0.3) is 0 Å². The van der Waals surface area contributed by atoms with E-state index < -0.39 is 0 Å². The molecule has 0 radical (unpaired) electrons. The summed E-state index contributed by atoms with van der Waals surface area (Å²) in [5.41, 5.74) is 0.511. The summed E-state index contributed by atoms with van der Waals surface area (Å²) in [7, 11) is 2.30. The van der Waals surface area contributed by atoms with E-state index in [9.17, 15) is 0 Å². The van der Waals surface area contributed by atoms with E-state index in [1.165, 1.54) is 64.5 Å². The second kappa shape index (κ2) is 6.38. The summed E-state index contributed by atoms with van der Waals surface area (Å²) in [5.74, 6) is 0. The first-order valence-corrected chi connectivity index (χ1v) is 8.03. The molecule has 0 bridgehead atoms. The first-order chi connectivity index (χ1) is 8.59. The van der Waals surface area contributed by atoms with Gasteiger partial charge in [-0.05, 0) is 57.7 Å². The van der Waals surface area contributed by atoms with Crippen LogP contribution in [-0.4, -0.2) is 37.1 Å². The third kappa shape index (κ3) is 3.71. The molecule has 2 fully saturated rings. The zero-order valence-electron chi connectivity index (χ0n) is 12.7. The molecule has 1 aliphatic heterocycles. The molecule has 1 heterocycles. The molecule has 2 rings (SSSR count). The van der Waals surface area contributed by atoms with Gasteiger partial charge in [0.2, 0.25) is 0 Å². The van der Waals surface area contributed by atoms with Crippen molar-refractivity contribution >= 4 is 0 Å². The largest absolute Gasteiger partial charge is 0.313 e. The minimum absolute atomic E-state index is 0.511. The lowest BCUT2D eigenvalue weighted by molar-refractivity contribution is 0.149. The van der Waals surface area contributed by atoms with Gasteiger partial charge in [-0.25, -0.2) is 0 Å². The average molecular weight is 252 g/mol. The number of likely N-dealkylation sites (tertiary alicyclic amines) is 1. The van der Waals surface area contributed by atoms with Crippen molar-refractivity contribution in [2.75, 3.05) is 20.1 Å². The van der Waals surface area contributed by atoms with E-state index in [1.807, 2.05) is 0 Å². The van der Waals surface area contributed by atoms with E-state index in [1.54, 1.807) is 0 Å². The number of hydrogen-bond acceptors (Lipinski definition) is 2. The van der Waals surface area contributed by atoms with Crippen molar-refractivity contribution in [1.82, 2.24) is 10.2 Å². The molecule has 0 amide bonds. The third-order valence-electron chi connectivity index (χ3n) is 5.30. The highest BCUT2D eigenvalue weighted by Gasteiger charge is 2.31. The van der Waals surface area contributed by atoms with Gasteiger partial charge in [-0.15, -0.1) is 0 Å². The van der Waals surface area contributed by atoms with Crippen LogP contribution in [0, 0.1) is 5.41 Å².